The number of fused-ring (bicyclic) bond motifs is 1. The van der Waals surface area contributed by atoms with Gasteiger partial charge >= 0.3 is 0 Å². The van der Waals surface area contributed by atoms with Crippen molar-refractivity contribution < 1.29 is 4.79 Å². The number of thioether (sulfide) groups is 1. The second-order valence-corrected chi connectivity index (χ2v) is 7.75. The van der Waals surface area contributed by atoms with Crippen LogP contribution in [0.2, 0.25) is 0 Å². The van der Waals surface area contributed by atoms with Gasteiger partial charge in [0.2, 0.25) is 5.91 Å². The molecule has 0 bridgehead atoms. The summed E-state index contributed by atoms with van der Waals surface area (Å²) in [6.07, 6.45) is 3.59. The summed E-state index contributed by atoms with van der Waals surface area (Å²) in [5, 5.41) is 5.32. The number of thiophene rings is 1. The van der Waals surface area contributed by atoms with Gasteiger partial charge in [0.1, 0.15) is 6.04 Å². The van der Waals surface area contributed by atoms with Gasteiger partial charge in [0.25, 0.3) is 0 Å². The van der Waals surface area contributed by atoms with Crippen molar-refractivity contribution in [3.8, 4) is 0 Å². The minimum Gasteiger partial charge on any atom is -0.340 e. The van der Waals surface area contributed by atoms with Gasteiger partial charge in [-0.15, -0.1) is 11.3 Å². The second kappa shape index (κ2) is 6.50. The lowest BCUT2D eigenvalue weighted by Crippen LogP contribution is -2.42. The summed E-state index contributed by atoms with van der Waals surface area (Å²) in [6, 6.07) is 2.04. The monoisotopic (exact) mass is 310 g/mol. The predicted octanol–water partition coefficient (Wildman–Crippen LogP) is 2.54. The molecule has 2 atom stereocenters. The summed E-state index contributed by atoms with van der Waals surface area (Å²) in [6.45, 7) is 1.82. The van der Waals surface area contributed by atoms with Crippen molar-refractivity contribution in [2.75, 3.05) is 31.6 Å². The molecule has 5 heteroatoms. The Labute approximate surface area is 129 Å². The smallest absolute Gasteiger partial charge is 0.245 e. The van der Waals surface area contributed by atoms with Gasteiger partial charge in [-0.1, -0.05) is 0 Å². The number of carbonyl (C=O) groups excluding carboxylic acids is 1. The van der Waals surface area contributed by atoms with Crippen LogP contribution in [0.25, 0.3) is 0 Å². The van der Waals surface area contributed by atoms with Gasteiger partial charge in [0.05, 0.1) is 0 Å². The van der Waals surface area contributed by atoms with Crippen LogP contribution in [-0.2, 0) is 11.2 Å². The first kappa shape index (κ1) is 14.4. The molecule has 110 valence electrons. The summed E-state index contributed by atoms with van der Waals surface area (Å²) < 4.78 is 0. The first-order valence-corrected chi connectivity index (χ1v) is 9.43. The van der Waals surface area contributed by atoms with Crippen molar-refractivity contribution in [3.05, 3.63) is 21.9 Å². The highest BCUT2D eigenvalue weighted by molar-refractivity contribution is 7.99. The van der Waals surface area contributed by atoms with Gasteiger partial charge in [0, 0.05) is 18.0 Å². The van der Waals surface area contributed by atoms with Crippen LogP contribution in [0.5, 0.6) is 0 Å². The van der Waals surface area contributed by atoms with Crippen LogP contribution >= 0.6 is 23.1 Å². The summed E-state index contributed by atoms with van der Waals surface area (Å²) in [7, 11) is 1.89. The first-order valence-electron chi connectivity index (χ1n) is 7.39. The van der Waals surface area contributed by atoms with E-state index in [4.69, 9.17) is 0 Å². The maximum Gasteiger partial charge on any atom is 0.245 e. The molecule has 3 nitrogen and oxygen atoms in total. The lowest BCUT2D eigenvalue weighted by atomic mass is 10.0. The fourth-order valence-corrected chi connectivity index (χ4v) is 5.36. The number of nitrogens with zero attached hydrogens (tertiary/aromatic N) is 1. The highest BCUT2D eigenvalue weighted by atomic mass is 32.2. The fraction of sp³-hybridized carbons (Fsp3) is 0.667. The molecule has 2 aliphatic heterocycles. The van der Waals surface area contributed by atoms with E-state index < -0.39 is 0 Å². The van der Waals surface area contributed by atoms with Crippen molar-refractivity contribution in [3.63, 3.8) is 0 Å². The average Bonchev–Trinajstić information content (AvgIpc) is 2.89. The van der Waals surface area contributed by atoms with Crippen molar-refractivity contribution in [1.82, 2.24) is 10.2 Å². The molecule has 2 aliphatic rings. The molecular weight excluding hydrogens is 288 g/mol. The third-order valence-corrected chi connectivity index (χ3v) is 6.58. The largest absolute Gasteiger partial charge is 0.340 e. The van der Waals surface area contributed by atoms with Gasteiger partial charge in [0.15, 0.2) is 0 Å². The zero-order valence-electron chi connectivity index (χ0n) is 11.9. The molecular formula is C15H22N2OS2. The van der Waals surface area contributed by atoms with Gasteiger partial charge < -0.3 is 10.2 Å². The van der Waals surface area contributed by atoms with Crippen molar-refractivity contribution >= 4 is 29.0 Å². The minimum absolute atomic E-state index is 0.135. The summed E-state index contributed by atoms with van der Waals surface area (Å²) in [4.78, 5) is 16.1. The minimum atomic E-state index is -0.135. The average molecular weight is 310 g/mol. The highest BCUT2D eigenvalue weighted by Gasteiger charge is 2.32. The van der Waals surface area contributed by atoms with Crippen LogP contribution < -0.4 is 5.32 Å². The molecule has 1 aromatic rings. The van der Waals surface area contributed by atoms with Crippen LogP contribution in [0.4, 0.5) is 0 Å². The van der Waals surface area contributed by atoms with Crippen molar-refractivity contribution in [2.45, 2.75) is 25.3 Å². The molecule has 1 amide bonds. The third-order valence-electron chi connectivity index (χ3n) is 4.27. The van der Waals surface area contributed by atoms with E-state index >= 15 is 0 Å². The van der Waals surface area contributed by atoms with E-state index in [9.17, 15) is 4.79 Å². The molecule has 1 saturated heterocycles. The highest BCUT2D eigenvalue weighted by Crippen LogP contribution is 2.31. The fourth-order valence-electron chi connectivity index (χ4n) is 3.17. The Hall–Kier alpha value is -0.520. The Morgan fingerprint density at radius 3 is 3.15 bits per heavy atom. The van der Waals surface area contributed by atoms with Crippen molar-refractivity contribution in [2.24, 2.45) is 5.92 Å². The summed E-state index contributed by atoms with van der Waals surface area (Å²) in [5.74, 6) is 3.46. The number of likely N-dealkylation sites (N-methyl/N-ethyl adjacent to an activating group) is 1. The quantitative estimate of drug-likeness (QED) is 0.931. The van der Waals surface area contributed by atoms with E-state index in [1.54, 1.807) is 11.3 Å². The number of amides is 1. The molecule has 2 unspecified atom stereocenters. The van der Waals surface area contributed by atoms with E-state index in [2.05, 4.69) is 21.7 Å². The summed E-state index contributed by atoms with van der Waals surface area (Å²) >= 11 is 3.75. The maximum absolute atomic E-state index is 12.8. The Morgan fingerprint density at radius 2 is 2.40 bits per heavy atom. The standard InChI is InChI=1S/C15H22N2OS2/c1-16-13-14-12(5-8-20-14)4-6-17(15(13)18)9-11-3-2-7-19-10-11/h5,8,11,13,16H,2-4,6-7,9-10H2,1H3. The summed E-state index contributed by atoms with van der Waals surface area (Å²) in [5.41, 5.74) is 1.35. The molecule has 0 spiro atoms. The predicted molar refractivity (Wildman–Crippen MR) is 86.5 cm³/mol. The zero-order chi connectivity index (χ0) is 13.9. The van der Waals surface area contributed by atoms with E-state index in [1.807, 2.05) is 18.8 Å². The van der Waals surface area contributed by atoms with Crippen molar-refractivity contribution in [1.29, 1.82) is 0 Å². The number of hydrogen-bond donors (Lipinski definition) is 1. The zero-order valence-corrected chi connectivity index (χ0v) is 13.6. The van der Waals surface area contributed by atoms with Gasteiger partial charge in [-0.05, 0) is 60.7 Å². The van der Waals surface area contributed by atoms with Crippen LogP contribution in [0.1, 0.15) is 29.3 Å². The van der Waals surface area contributed by atoms with Crippen LogP contribution in [0, 0.1) is 5.92 Å². The lowest BCUT2D eigenvalue weighted by molar-refractivity contribution is -0.133. The lowest BCUT2D eigenvalue weighted by Gasteiger charge is -2.30. The molecule has 1 fully saturated rings. The molecule has 0 aromatic carbocycles. The maximum atomic E-state index is 12.8. The molecule has 0 aliphatic carbocycles. The first-order chi connectivity index (χ1) is 9.79. The van der Waals surface area contributed by atoms with Gasteiger partial charge in [-0.2, -0.15) is 11.8 Å². The third kappa shape index (κ3) is 2.90. The molecule has 1 N–H and O–H groups in total. The Bertz CT molecular complexity index is 468. The van der Waals surface area contributed by atoms with E-state index in [1.165, 1.54) is 34.8 Å². The normalized spacial score (nSPS) is 27.2. The van der Waals surface area contributed by atoms with E-state index in [-0.39, 0.29) is 11.9 Å². The molecule has 1 aromatic heterocycles. The molecule has 3 heterocycles. The number of rotatable bonds is 3. The molecule has 0 saturated carbocycles. The van der Waals surface area contributed by atoms with Gasteiger partial charge in [-0.25, -0.2) is 0 Å². The molecule has 3 rings (SSSR count). The SMILES string of the molecule is CNC1C(=O)N(CC2CCCSC2)CCc2ccsc21. The number of nitrogens with one attached hydrogen (secondary N) is 1. The number of hydrogen-bond acceptors (Lipinski definition) is 4. The van der Waals surface area contributed by atoms with Gasteiger partial charge in [-0.3, -0.25) is 4.79 Å². The topological polar surface area (TPSA) is 32.3 Å². The van der Waals surface area contributed by atoms with Crippen LogP contribution in [0.15, 0.2) is 11.4 Å². The van der Waals surface area contributed by atoms with Crippen LogP contribution in [0.3, 0.4) is 0 Å². The number of carbonyl (C=O) groups is 1. The Balaban J connectivity index is 1.73. The molecule has 20 heavy (non-hydrogen) atoms. The van der Waals surface area contributed by atoms with E-state index in [0.717, 1.165) is 19.5 Å². The molecule has 0 radical (unpaired) electrons. The van der Waals surface area contributed by atoms with Crippen LogP contribution in [-0.4, -0.2) is 42.4 Å². The Morgan fingerprint density at radius 1 is 1.50 bits per heavy atom. The second-order valence-electron chi connectivity index (χ2n) is 5.65. The Kier molecular flexibility index (Phi) is 4.68. The van der Waals surface area contributed by atoms with E-state index in [0.29, 0.717) is 5.92 Å².